The van der Waals surface area contributed by atoms with Gasteiger partial charge in [-0.1, -0.05) is 18.6 Å². The minimum atomic E-state index is -0.453. The number of nitriles is 1. The monoisotopic (exact) mass is 395 g/mol. The van der Waals surface area contributed by atoms with E-state index in [1.807, 2.05) is 24.3 Å². The molecule has 29 heavy (non-hydrogen) atoms. The molecule has 152 valence electrons. The number of nitrogens with zero attached hydrogens (tertiary/aromatic N) is 2. The Kier molecular flexibility index (Phi) is 7.34. The highest BCUT2D eigenvalue weighted by Crippen LogP contribution is 2.19. The first-order valence-corrected chi connectivity index (χ1v) is 10.0. The number of hydrogen-bond donors (Lipinski definition) is 2. The number of carbonyl (C=O) groups excluding carboxylic acids is 1. The average molecular weight is 395 g/mol. The van der Waals surface area contributed by atoms with Crippen molar-refractivity contribution in [2.75, 3.05) is 25.0 Å². The van der Waals surface area contributed by atoms with Crippen LogP contribution in [0.1, 0.15) is 40.7 Å². The fourth-order valence-electron chi connectivity index (χ4n) is 3.78. The Morgan fingerprint density at radius 3 is 2.93 bits per heavy atom. The number of amides is 1. The number of nitrogens with one attached hydrogen (secondary N) is 1. The molecule has 1 aliphatic heterocycles. The van der Waals surface area contributed by atoms with Gasteiger partial charge in [0, 0.05) is 29.4 Å². The summed E-state index contributed by atoms with van der Waals surface area (Å²) >= 11 is 0. The highest BCUT2D eigenvalue weighted by Gasteiger charge is 2.21. The third kappa shape index (κ3) is 5.63. The van der Waals surface area contributed by atoms with Gasteiger partial charge in [0.05, 0.1) is 19.1 Å². The molecule has 1 heterocycles. The Hall–Kier alpha value is -2.75. The van der Waals surface area contributed by atoms with Gasteiger partial charge in [-0.3, -0.25) is 9.69 Å². The zero-order valence-corrected chi connectivity index (χ0v) is 16.4. The molecule has 0 saturated carbocycles. The minimum Gasteiger partial charge on any atom is -0.395 e. The van der Waals surface area contributed by atoms with Crippen LogP contribution in [0.25, 0.3) is 0 Å². The summed E-state index contributed by atoms with van der Waals surface area (Å²) in [5, 5.41) is 21.1. The molecule has 3 rings (SSSR count). The van der Waals surface area contributed by atoms with Gasteiger partial charge in [0.2, 0.25) is 0 Å². The van der Waals surface area contributed by atoms with Gasteiger partial charge in [0.1, 0.15) is 5.82 Å². The predicted molar refractivity (Wildman–Crippen MR) is 110 cm³/mol. The number of aliphatic hydroxyl groups excluding tert-OH is 1. The molecule has 2 aromatic rings. The second-order valence-corrected chi connectivity index (χ2v) is 7.41. The number of likely N-dealkylation sites (tertiary alicyclic amines) is 1. The third-order valence-corrected chi connectivity index (χ3v) is 5.41. The molecule has 5 nitrogen and oxygen atoms in total. The second-order valence-electron chi connectivity index (χ2n) is 7.41. The number of benzene rings is 2. The first-order chi connectivity index (χ1) is 14.1. The lowest BCUT2D eigenvalue weighted by Crippen LogP contribution is -2.42. The first kappa shape index (κ1) is 21.0. The lowest BCUT2D eigenvalue weighted by atomic mass is 10.0. The molecule has 6 heteroatoms. The summed E-state index contributed by atoms with van der Waals surface area (Å²) in [6.45, 7) is 2.04. The molecule has 1 unspecified atom stereocenters. The van der Waals surface area contributed by atoms with Gasteiger partial charge in [0.25, 0.3) is 5.91 Å². The number of aliphatic hydroxyl groups is 1. The maximum absolute atomic E-state index is 13.7. The quantitative estimate of drug-likeness (QED) is 0.752. The highest BCUT2D eigenvalue weighted by molar-refractivity contribution is 6.04. The van der Waals surface area contributed by atoms with Crippen molar-refractivity contribution < 1.29 is 14.3 Å². The van der Waals surface area contributed by atoms with Gasteiger partial charge in [0.15, 0.2) is 0 Å². The SMILES string of the molecule is N#CCc1cc(NC(=O)c2cccc(CCN3CCCCC3CO)c2)ccc1F. The number of piperidine rings is 1. The van der Waals surface area contributed by atoms with Crippen molar-refractivity contribution in [2.45, 2.75) is 38.1 Å². The summed E-state index contributed by atoms with van der Waals surface area (Å²) in [6, 6.07) is 13.9. The zero-order chi connectivity index (χ0) is 20.6. The topological polar surface area (TPSA) is 76.4 Å². The smallest absolute Gasteiger partial charge is 0.255 e. The first-order valence-electron chi connectivity index (χ1n) is 10.0. The molecular formula is C23H26FN3O2. The van der Waals surface area contributed by atoms with Crippen LogP contribution in [-0.4, -0.2) is 41.7 Å². The van der Waals surface area contributed by atoms with E-state index in [-0.39, 0.29) is 30.5 Å². The zero-order valence-electron chi connectivity index (χ0n) is 16.4. The van der Waals surface area contributed by atoms with E-state index in [1.54, 1.807) is 6.07 Å². The summed E-state index contributed by atoms with van der Waals surface area (Å²) in [5.41, 5.74) is 2.32. The van der Waals surface area contributed by atoms with E-state index >= 15 is 0 Å². The number of carbonyl (C=O) groups is 1. The molecule has 0 aromatic heterocycles. The molecular weight excluding hydrogens is 369 g/mol. The van der Waals surface area contributed by atoms with Crippen molar-refractivity contribution in [1.82, 2.24) is 4.90 Å². The number of rotatable bonds is 7. The molecule has 2 aromatic carbocycles. The summed E-state index contributed by atoms with van der Waals surface area (Å²) < 4.78 is 13.7. The molecule has 1 fully saturated rings. The average Bonchev–Trinajstić information content (AvgIpc) is 2.75. The van der Waals surface area contributed by atoms with Gasteiger partial charge in [-0.05, 0) is 61.7 Å². The third-order valence-electron chi connectivity index (χ3n) is 5.41. The summed E-state index contributed by atoms with van der Waals surface area (Å²) in [7, 11) is 0. The van der Waals surface area contributed by atoms with Crippen molar-refractivity contribution in [1.29, 1.82) is 5.26 Å². The highest BCUT2D eigenvalue weighted by atomic mass is 19.1. The van der Waals surface area contributed by atoms with Crippen molar-refractivity contribution in [3.05, 3.63) is 65.0 Å². The van der Waals surface area contributed by atoms with Crippen LogP contribution < -0.4 is 5.32 Å². The molecule has 2 N–H and O–H groups in total. The maximum atomic E-state index is 13.7. The lowest BCUT2D eigenvalue weighted by Gasteiger charge is -2.34. The van der Waals surface area contributed by atoms with Gasteiger partial charge in [-0.2, -0.15) is 5.26 Å². The Bertz CT molecular complexity index is 894. The molecule has 0 aliphatic carbocycles. The Morgan fingerprint density at radius 2 is 2.14 bits per heavy atom. The van der Waals surface area contributed by atoms with Crippen molar-refractivity contribution >= 4 is 11.6 Å². The molecule has 1 aliphatic rings. The van der Waals surface area contributed by atoms with Crippen LogP contribution >= 0.6 is 0 Å². The van der Waals surface area contributed by atoms with E-state index in [2.05, 4.69) is 10.2 Å². The Morgan fingerprint density at radius 1 is 1.28 bits per heavy atom. The van der Waals surface area contributed by atoms with Crippen molar-refractivity contribution in [3.63, 3.8) is 0 Å². The standard InChI is InChI=1S/C23H26FN3O2/c24-22-8-7-20(15-18(22)9-11-25)26-23(29)19-5-3-4-17(14-19)10-13-27-12-2-1-6-21(27)16-28/h3-5,7-8,14-15,21,28H,1-2,6,9-10,12-13,16H2,(H,26,29). The number of halogens is 1. The molecule has 1 amide bonds. The van der Waals surface area contributed by atoms with E-state index in [9.17, 15) is 14.3 Å². The second kappa shape index (κ2) is 10.1. The van der Waals surface area contributed by atoms with Crippen LogP contribution in [0.4, 0.5) is 10.1 Å². The summed E-state index contributed by atoms with van der Waals surface area (Å²) in [5.74, 6) is -0.724. The largest absolute Gasteiger partial charge is 0.395 e. The number of hydrogen-bond acceptors (Lipinski definition) is 4. The maximum Gasteiger partial charge on any atom is 0.255 e. The van der Waals surface area contributed by atoms with Gasteiger partial charge in [-0.15, -0.1) is 0 Å². The van der Waals surface area contributed by atoms with Gasteiger partial charge in [-0.25, -0.2) is 4.39 Å². The normalized spacial score (nSPS) is 16.9. The van der Waals surface area contributed by atoms with Gasteiger partial charge >= 0.3 is 0 Å². The van der Waals surface area contributed by atoms with Crippen LogP contribution in [0.2, 0.25) is 0 Å². The minimum absolute atomic E-state index is 0.0453. The number of anilines is 1. The van der Waals surface area contributed by atoms with Crippen LogP contribution in [0.5, 0.6) is 0 Å². The van der Waals surface area contributed by atoms with E-state index in [4.69, 9.17) is 5.26 Å². The predicted octanol–water partition coefficient (Wildman–Crippen LogP) is 3.53. The van der Waals surface area contributed by atoms with Crippen LogP contribution in [0, 0.1) is 17.1 Å². The van der Waals surface area contributed by atoms with E-state index < -0.39 is 5.82 Å². The van der Waals surface area contributed by atoms with E-state index in [0.29, 0.717) is 11.3 Å². The molecule has 1 atom stereocenters. The summed E-state index contributed by atoms with van der Waals surface area (Å²) in [6.07, 6.45) is 4.11. The Labute approximate surface area is 170 Å². The van der Waals surface area contributed by atoms with Crippen molar-refractivity contribution in [3.8, 4) is 6.07 Å². The van der Waals surface area contributed by atoms with Crippen LogP contribution in [0.3, 0.4) is 0 Å². The fourth-order valence-corrected chi connectivity index (χ4v) is 3.78. The van der Waals surface area contributed by atoms with E-state index in [1.165, 1.54) is 18.2 Å². The summed E-state index contributed by atoms with van der Waals surface area (Å²) in [4.78, 5) is 14.9. The van der Waals surface area contributed by atoms with E-state index in [0.717, 1.165) is 44.3 Å². The fraction of sp³-hybridized carbons (Fsp3) is 0.391. The molecule has 1 saturated heterocycles. The lowest BCUT2D eigenvalue weighted by molar-refractivity contribution is 0.0913. The van der Waals surface area contributed by atoms with Gasteiger partial charge < -0.3 is 10.4 Å². The molecule has 0 bridgehead atoms. The Balaban J connectivity index is 1.63. The molecule has 0 radical (unpaired) electrons. The van der Waals surface area contributed by atoms with Crippen molar-refractivity contribution in [2.24, 2.45) is 0 Å². The molecule has 0 spiro atoms. The van der Waals surface area contributed by atoms with Crippen LogP contribution in [0.15, 0.2) is 42.5 Å². The van der Waals surface area contributed by atoms with Crippen LogP contribution in [-0.2, 0) is 12.8 Å².